The van der Waals surface area contributed by atoms with Gasteiger partial charge in [-0.25, -0.2) is 8.42 Å². The monoisotopic (exact) mass is 611 g/mol. The van der Waals surface area contributed by atoms with Crippen LogP contribution in [0, 0.1) is 13.8 Å². The Balaban J connectivity index is 1.81. The summed E-state index contributed by atoms with van der Waals surface area (Å²) in [5.41, 5.74) is 3.88. The summed E-state index contributed by atoms with van der Waals surface area (Å²) >= 11 is 0. The van der Waals surface area contributed by atoms with Crippen LogP contribution in [0.25, 0.3) is 0 Å². The Kier molecular flexibility index (Phi) is 11.0. The largest absolute Gasteiger partial charge is 0.352 e. The number of anilines is 1. The van der Waals surface area contributed by atoms with Crippen LogP contribution in [0.5, 0.6) is 0 Å². The molecule has 1 N–H and O–H groups in total. The highest BCUT2D eigenvalue weighted by atomic mass is 32.2. The third kappa shape index (κ3) is 8.14. The molecule has 0 aliphatic rings. The summed E-state index contributed by atoms with van der Waals surface area (Å²) in [5, 5.41) is 3.07. The van der Waals surface area contributed by atoms with E-state index >= 15 is 0 Å². The summed E-state index contributed by atoms with van der Waals surface area (Å²) in [7, 11) is -4.13. The number of hydrogen-bond donors (Lipinski definition) is 1. The first-order valence-electron chi connectivity index (χ1n) is 14.9. The Bertz CT molecular complexity index is 1660. The number of amides is 2. The van der Waals surface area contributed by atoms with Crippen LogP contribution < -0.4 is 9.62 Å². The van der Waals surface area contributed by atoms with Gasteiger partial charge >= 0.3 is 0 Å². The molecule has 0 unspecified atom stereocenters. The third-order valence-electron chi connectivity index (χ3n) is 7.70. The molecule has 7 nitrogen and oxygen atoms in total. The van der Waals surface area contributed by atoms with Gasteiger partial charge in [0.2, 0.25) is 11.8 Å². The van der Waals surface area contributed by atoms with Crippen LogP contribution in [0.3, 0.4) is 0 Å². The van der Waals surface area contributed by atoms with Gasteiger partial charge in [-0.15, -0.1) is 0 Å². The van der Waals surface area contributed by atoms with Crippen molar-refractivity contribution in [3.8, 4) is 0 Å². The lowest BCUT2D eigenvalue weighted by Gasteiger charge is -2.34. The molecule has 2 atom stereocenters. The summed E-state index contributed by atoms with van der Waals surface area (Å²) in [6.07, 6.45) is 1.00. The zero-order chi connectivity index (χ0) is 31.7. The van der Waals surface area contributed by atoms with Gasteiger partial charge in [0.25, 0.3) is 10.0 Å². The molecule has 0 aliphatic heterocycles. The van der Waals surface area contributed by atoms with E-state index in [0.29, 0.717) is 11.3 Å². The van der Waals surface area contributed by atoms with Gasteiger partial charge in [-0.2, -0.15) is 0 Å². The van der Waals surface area contributed by atoms with Crippen LogP contribution in [-0.2, 0) is 32.6 Å². The van der Waals surface area contributed by atoms with Gasteiger partial charge in [0.1, 0.15) is 12.6 Å². The highest BCUT2D eigenvalue weighted by molar-refractivity contribution is 7.92. The quantitative estimate of drug-likeness (QED) is 0.199. The van der Waals surface area contributed by atoms with Crippen LogP contribution >= 0.6 is 0 Å². The molecule has 0 radical (unpaired) electrons. The van der Waals surface area contributed by atoms with Crippen LogP contribution in [0.4, 0.5) is 5.69 Å². The number of nitrogens with one attached hydrogen (secondary N) is 1. The van der Waals surface area contributed by atoms with E-state index < -0.39 is 28.5 Å². The molecule has 0 fully saturated rings. The molecule has 4 rings (SSSR count). The summed E-state index contributed by atoms with van der Waals surface area (Å²) in [6, 6.07) is 31.6. The van der Waals surface area contributed by atoms with Crippen molar-refractivity contribution in [2.45, 2.75) is 64.1 Å². The molecular formula is C36H41N3O4S. The van der Waals surface area contributed by atoms with Crippen LogP contribution in [0.2, 0.25) is 0 Å². The predicted molar refractivity (Wildman–Crippen MR) is 176 cm³/mol. The number of rotatable bonds is 13. The molecular weight excluding hydrogens is 570 g/mol. The molecule has 0 aromatic heterocycles. The summed E-state index contributed by atoms with van der Waals surface area (Å²) < 4.78 is 29.4. The highest BCUT2D eigenvalue weighted by Crippen LogP contribution is 2.27. The van der Waals surface area contributed by atoms with E-state index in [1.54, 1.807) is 30.3 Å². The number of nitrogens with zero attached hydrogens (tertiary/aromatic N) is 2. The van der Waals surface area contributed by atoms with Crippen LogP contribution in [0.1, 0.15) is 42.5 Å². The van der Waals surface area contributed by atoms with E-state index in [-0.39, 0.29) is 29.8 Å². The van der Waals surface area contributed by atoms with Gasteiger partial charge in [0.05, 0.1) is 10.6 Å². The minimum atomic E-state index is -4.13. The number of carbonyl (C=O) groups is 2. The Hall–Kier alpha value is -4.43. The fourth-order valence-electron chi connectivity index (χ4n) is 5.08. The molecule has 0 spiro atoms. The van der Waals surface area contributed by atoms with E-state index in [1.165, 1.54) is 17.0 Å². The van der Waals surface area contributed by atoms with Crippen molar-refractivity contribution in [3.63, 3.8) is 0 Å². The maximum atomic E-state index is 14.5. The van der Waals surface area contributed by atoms with Gasteiger partial charge in [-0.1, -0.05) is 103 Å². The molecule has 2 amide bonds. The van der Waals surface area contributed by atoms with Gasteiger partial charge < -0.3 is 10.2 Å². The van der Waals surface area contributed by atoms with Crippen molar-refractivity contribution in [1.29, 1.82) is 0 Å². The highest BCUT2D eigenvalue weighted by Gasteiger charge is 2.35. The molecule has 4 aromatic carbocycles. The molecule has 0 bridgehead atoms. The minimum absolute atomic E-state index is 0.0802. The lowest BCUT2D eigenvalue weighted by Crippen LogP contribution is -2.54. The second kappa shape index (κ2) is 14.8. The SMILES string of the molecule is CC[C@@H](C)NC(=O)[C@@H](Cc1ccccc1)N(Cc1cccc(C)c1)C(=O)CN(c1ccccc1C)S(=O)(=O)c1ccccc1. The van der Waals surface area contributed by atoms with Crippen molar-refractivity contribution in [2.24, 2.45) is 0 Å². The lowest BCUT2D eigenvalue weighted by molar-refractivity contribution is -0.140. The number of hydrogen-bond acceptors (Lipinski definition) is 4. The Morgan fingerprint density at radius 1 is 0.795 bits per heavy atom. The smallest absolute Gasteiger partial charge is 0.264 e. The second-order valence-corrected chi connectivity index (χ2v) is 13.0. The first kappa shape index (κ1) is 32.5. The van der Waals surface area contributed by atoms with Gasteiger partial charge in [-0.05, 0) is 62.1 Å². The average molecular weight is 612 g/mol. The molecule has 0 saturated carbocycles. The first-order valence-corrected chi connectivity index (χ1v) is 16.4. The Labute approximate surface area is 261 Å². The van der Waals surface area contributed by atoms with E-state index in [0.717, 1.165) is 27.4 Å². The number of para-hydroxylation sites is 1. The van der Waals surface area contributed by atoms with E-state index in [1.807, 2.05) is 94.4 Å². The van der Waals surface area contributed by atoms with Crippen LogP contribution in [-0.4, -0.2) is 43.8 Å². The van der Waals surface area contributed by atoms with Crippen molar-refractivity contribution < 1.29 is 18.0 Å². The van der Waals surface area contributed by atoms with Gasteiger partial charge in [-0.3, -0.25) is 13.9 Å². The predicted octanol–water partition coefficient (Wildman–Crippen LogP) is 6.05. The molecule has 0 saturated heterocycles. The maximum Gasteiger partial charge on any atom is 0.264 e. The lowest BCUT2D eigenvalue weighted by atomic mass is 10.0. The summed E-state index contributed by atoms with van der Waals surface area (Å²) in [5.74, 6) is -0.757. The molecule has 0 aliphatic carbocycles. The molecule has 8 heteroatoms. The molecule has 4 aromatic rings. The normalized spacial score (nSPS) is 12.6. The van der Waals surface area contributed by atoms with Crippen molar-refractivity contribution in [3.05, 3.63) is 131 Å². The first-order chi connectivity index (χ1) is 21.1. The van der Waals surface area contributed by atoms with Gasteiger partial charge in [0.15, 0.2) is 0 Å². The zero-order valence-electron chi connectivity index (χ0n) is 25.8. The summed E-state index contributed by atoms with van der Waals surface area (Å²) in [4.78, 5) is 30.1. The zero-order valence-corrected chi connectivity index (χ0v) is 26.6. The van der Waals surface area contributed by atoms with E-state index in [9.17, 15) is 18.0 Å². The Morgan fingerprint density at radius 3 is 2.05 bits per heavy atom. The van der Waals surface area contributed by atoms with E-state index in [2.05, 4.69) is 5.32 Å². The molecule has 0 heterocycles. The fraction of sp³-hybridized carbons (Fsp3) is 0.278. The number of sulfonamides is 1. The topological polar surface area (TPSA) is 86.8 Å². The maximum absolute atomic E-state index is 14.5. The van der Waals surface area contributed by atoms with Crippen LogP contribution in [0.15, 0.2) is 114 Å². The third-order valence-corrected chi connectivity index (χ3v) is 9.48. The number of aryl methyl sites for hydroxylation is 2. The molecule has 230 valence electrons. The standard InChI is InChI=1S/C36H41N3O4S/c1-5-29(4)37-36(41)34(24-30-17-8-6-9-18-30)38(25-31-19-14-15-27(2)23-31)35(40)26-39(33-22-13-12-16-28(33)3)44(42,43)32-20-10-7-11-21-32/h6-23,29,34H,5,24-26H2,1-4H3,(H,37,41)/t29-,34-/m1/s1. The summed E-state index contributed by atoms with van der Waals surface area (Å²) in [6.45, 7) is 7.36. The number of carbonyl (C=O) groups excluding carboxylic acids is 2. The Morgan fingerprint density at radius 2 is 1.41 bits per heavy atom. The molecule has 44 heavy (non-hydrogen) atoms. The van der Waals surface area contributed by atoms with Crippen molar-refractivity contribution >= 4 is 27.5 Å². The minimum Gasteiger partial charge on any atom is -0.352 e. The second-order valence-electron chi connectivity index (χ2n) is 11.1. The van der Waals surface area contributed by atoms with Crippen molar-refractivity contribution in [2.75, 3.05) is 10.8 Å². The van der Waals surface area contributed by atoms with E-state index in [4.69, 9.17) is 0 Å². The van der Waals surface area contributed by atoms with Crippen molar-refractivity contribution in [1.82, 2.24) is 10.2 Å². The number of benzene rings is 4. The average Bonchev–Trinajstić information content (AvgIpc) is 3.02. The fourth-order valence-corrected chi connectivity index (χ4v) is 6.58. The van der Waals surface area contributed by atoms with Gasteiger partial charge in [0, 0.05) is 19.0 Å².